The van der Waals surface area contributed by atoms with Crippen molar-refractivity contribution in [1.82, 2.24) is 23.8 Å². The maximum atomic E-state index is 13.4. The molecule has 0 spiro atoms. The van der Waals surface area contributed by atoms with E-state index in [1.54, 1.807) is 16.4 Å². The molecule has 244 valence electrons. The molecule has 0 amide bonds. The van der Waals surface area contributed by atoms with Crippen LogP contribution >= 0.6 is 24.8 Å². The normalized spacial score (nSPS) is 22.4. The van der Waals surface area contributed by atoms with Gasteiger partial charge < -0.3 is 20.9 Å². The van der Waals surface area contributed by atoms with Gasteiger partial charge in [-0.1, -0.05) is 45.7 Å². The Labute approximate surface area is 274 Å². The number of fused-ring (bicyclic) bond motifs is 1. The lowest BCUT2D eigenvalue weighted by Gasteiger charge is -2.32. The third-order valence-electron chi connectivity index (χ3n) is 9.40. The quantitative estimate of drug-likeness (QED) is 0.279. The maximum absolute atomic E-state index is 13.4. The molecule has 4 N–H and O–H groups in total. The average molecular weight is 668 g/mol. The second-order valence-electron chi connectivity index (χ2n) is 13.5. The molecular weight excluding hydrogens is 619 g/mol. The van der Waals surface area contributed by atoms with Crippen molar-refractivity contribution in [2.45, 2.75) is 119 Å². The van der Waals surface area contributed by atoms with Crippen molar-refractivity contribution in [3.8, 4) is 0 Å². The number of nitrogens with one attached hydrogen (secondary N) is 2. The molecule has 1 saturated heterocycles. The van der Waals surface area contributed by atoms with Crippen LogP contribution < -0.4 is 16.4 Å². The number of nitrogens with two attached hydrogens (primary N) is 1. The van der Waals surface area contributed by atoms with Gasteiger partial charge in [0, 0.05) is 37.3 Å². The smallest absolute Gasteiger partial charge is 0.243 e. The Hall–Kier alpha value is -2.18. The molecule has 3 heterocycles. The zero-order valence-corrected chi connectivity index (χ0v) is 28.5. The summed E-state index contributed by atoms with van der Waals surface area (Å²) >= 11 is 0. The third kappa shape index (κ3) is 7.44. The molecule has 2 saturated carbocycles. The Morgan fingerprint density at radius 2 is 1.45 bits per heavy atom. The molecule has 0 radical (unpaired) electrons. The molecule has 0 atom stereocenters. The van der Waals surface area contributed by atoms with Crippen molar-refractivity contribution in [3.05, 3.63) is 36.2 Å². The highest BCUT2D eigenvalue weighted by Crippen LogP contribution is 2.34. The molecule has 10 nitrogen and oxygen atoms in total. The van der Waals surface area contributed by atoms with E-state index in [1.165, 1.54) is 12.8 Å². The van der Waals surface area contributed by atoms with Gasteiger partial charge in [-0.25, -0.2) is 13.4 Å². The summed E-state index contributed by atoms with van der Waals surface area (Å²) in [5.41, 5.74) is 8.89. The number of imidazole rings is 1. The highest BCUT2D eigenvalue weighted by Gasteiger charge is 2.31. The molecule has 44 heavy (non-hydrogen) atoms. The highest BCUT2D eigenvalue weighted by atomic mass is 35.5. The Morgan fingerprint density at radius 3 is 2.07 bits per heavy atom. The van der Waals surface area contributed by atoms with Crippen LogP contribution in [0.2, 0.25) is 0 Å². The number of halogens is 2. The first-order valence-corrected chi connectivity index (χ1v) is 17.2. The van der Waals surface area contributed by atoms with Crippen LogP contribution in [0, 0.1) is 0 Å². The zero-order chi connectivity index (χ0) is 29.5. The summed E-state index contributed by atoms with van der Waals surface area (Å²) < 4.78 is 30.7. The fraction of sp³-hybridized carbons (Fsp3) is 0.645. The predicted octanol–water partition coefficient (Wildman–Crippen LogP) is 6.03. The number of hydrogen-bond acceptors (Lipinski definition) is 8. The SMILES string of the molecule is CC(C)(C)c1ccc(S(=O)(=O)N2CCC(Nc3nc(N[C@H]4CC[C@H](N)CC4)nc4c3ncn4C3CCCC3)CC2)cc1.Cl.Cl. The minimum absolute atomic E-state index is 0. The Morgan fingerprint density at radius 1 is 0.841 bits per heavy atom. The molecule has 13 heteroatoms. The van der Waals surface area contributed by atoms with E-state index < -0.39 is 10.0 Å². The zero-order valence-electron chi connectivity index (χ0n) is 26.0. The summed E-state index contributed by atoms with van der Waals surface area (Å²) in [6.07, 6.45) is 12.1. The highest BCUT2D eigenvalue weighted by molar-refractivity contribution is 7.89. The minimum Gasteiger partial charge on any atom is -0.365 e. The van der Waals surface area contributed by atoms with Crippen LogP contribution in [0.5, 0.6) is 0 Å². The molecule has 0 unspecified atom stereocenters. The minimum atomic E-state index is -3.54. The van der Waals surface area contributed by atoms with Crippen molar-refractivity contribution in [3.63, 3.8) is 0 Å². The standard InChI is InChI=1S/C31H46N8O2S.2ClH/c1-31(2,3)21-8-14-26(15-9-21)42(40,41)38-18-16-24(17-19-38)34-28-27-29(39(20-33-27)25-6-4-5-7-25)37-30(36-28)35-23-12-10-22(32)11-13-23;;/h8-9,14-15,20,22-25H,4-7,10-13,16-19,32H2,1-3H3,(H2,34,35,36,37);2*1H/t22-,23-;;. The van der Waals surface area contributed by atoms with Crippen molar-refractivity contribution in [2.75, 3.05) is 23.7 Å². The predicted molar refractivity (Wildman–Crippen MR) is 182 cm³/mol. The first-order chi connectivity index (χ1) is 20.1. The van der Waals surface area contributed by atoms with E-state index in [2.05, 4.69) is 36.0 Å². The lowest BCUT2D eigenvalue weighted by molar-refractivity contribution is 0.329. The van der Waals surface area contributed by atoms with Gasteiger partial charge in [0.05, 0.1) is 11.2 Å². The fourth-order valence-electron chi connectivity index (χ4n) is 6.69. The van der Waals surface area contributed by atoms with Crippen LogP contribution in [0.4, 0.5) is 11.8 Å². The van der Waals surface area contributed by atoms with E-state index in [-0.39, 0.29) is 42.3 Å². The van der Waals surface area contributed by atoms with Gasteiger partial charge >= 0.3 is 0 Å². The van der Waals surface area contributed by atoms with Gasteiger partial charge in [-0.15, -0.1) is 24.8 Å². The molecule has 2 aliphatic carbocycles. The van der Waals surface area contributed by atoms with E-state index in [1.807, 2.05) is 18.5 Å². The van der Waals surface area contributed by atoms with E-state index in [9.17, 15) is 8.42 Å². The summed E-state index contributed by atoms with van der Waals surface area (Å²) in [5.74, 6) is 1.36. The maximum Gasteiger partial charge on any atom is 0.243 e. The molecule has 1 aromatic carbocycles. The number of piperidine rings is 1. The molecule has 3 fully saturated rings. The van der Waals surface area contributed by atoms with Crippen LogP contribution in [-0.4, -0.2) is 63.5 Å². The van der Waals surface area contributed by atoms with Crippen molar-refractivity contribution in [1.29, 1.82) is 0 Å². The summed E-state index contributed by atoms with van der Waals surface area (Å²) in [6.45, 7) is 7.30. The van der Waals surface area contributed by atoms with Crippen LogP contribution in [0.3, 0.4) is 0 Å². The Bertz CT molecular complexity index is 1490. The first kappa shape index (κ1) is 34.7. The van der Waals surface area contributed by atoms with Crippen molar-refractivity contribution in [2.24, 2.45) is 5.73 Å². The lowest BCUT2D eigenvalue weighted by atomic mass is 9.87. The summed E-state index contributed by atoms with van der Waals surface area (Å²) in [5, 5.41) is 7.23. The van der Waals surface area contributed by atoms with Gasteiger partial charge in [-0.3, -0.25) is 0 Å². The van der Waals surface area contributed by atoms with Crippen LogP contribution in [0.15, 0.2) is 35.5 Å². The molecule has 3 aromatic rings. The third-order valence-corrected chi connectivity index (χ3v) is 11.3. The summed E-state index contributed by atoms with van der Waals surface area (Å²) in [4.78, 5) is 15.0. The van der Waals surface area contributed by atoms with Crippen LogP contribution in [0.1, 0.15) is 96.6 Å². The van der Waals surface area contributed by atoms with Gasteiger partial charge in [-0.05, 0) is 74.5 Å². The van der Waals surface area contributed by atoms with Gasteiger partial charge in [-0.2, -0.15) is 14.3 Å². The van der Waals surface area contributed by atoms with Crippen molar-refractivity contribution >= 4 is 57.8 Å². The summed E-state index contributed by atoms with van der Waals surface area (Å²) in [7, 11) is -3.54. The van der Waals surface area contributed by atoms with Gasteiger partial charge in [0.25, 0.3) is 0 Å². The molecule has 0 bridgehead atoms. The number of anilines is 2. The van der Waals surface area contributed by atoms with Crippen LogP contribution in [-0.2, 0) is 15.4 Å². The fourth-order valence-corrected chi connectivity index (χ4v) is 8.16. The molecule has 1 aliphatic heterocycles. The van der Waals surface area contributed by atoms with Gasteiger partial charge in [0.15, 0.2) is 17.0 Å². The van der Waals surface area contributed by atoms with E-state index in [0.29, 0.717) is 48.9 Å². The second-order valence-corrected chi connectivity index (χ2v) is 15.4. The average Bonchev–Trinajstić information content (AvgIpc) is 3.65. The number of hydrogen-bond donors (Lipinski definition) is 3. The topological polar surface area (TPSA) is 131 Å². The first-order valence-electron chi connectivity index (χ1n) is 15.7. The number of rotatable bonds is 7. The Balaban J connectivity index is 0.00000221. The van der Waals surface area contributed by atoms with Crippen molar-refractivity contribution < 1.29 is 8.42 Å². The molecular formula is C31H48Cl2N8O2S. The number of benzene rings is 1. The molecule has 2 aromatic heterocycles. The molecule has 6 rings (SSSR count). The monoisotopic (exact) mass is 666 g/mol. The summed E-state index contributed by atoms with van der Waals surface area (Å²) in [6, 6.07) is 8.45. The number of nitrogens with zero attached hydrogens (tertiary/aromatic N) is 5. The van der Waals surface area contributed by atoms with Gasteiger partial charge in [0.1, 0.15) is 0 Å². The van der Waals surface area contributed by atoms with E-state index in [4.69, 9.17) is 20.7 Å². The van der Waals surface area contributed by atoms with Crippen LogP contribution in [0.25, 0.3) is 11.2 Å². The number of sulfonamides is 1. The van der Waals surface area contributed by atoms with E-state index >= 15 is 0 Å². The van der Waals surface area contributed by atoms with E-state index in [0.717, 1.165) is 61.1 Å². The Kier molecular flexibility index (Phi) is 11.1. The largest absolute Gasteiger partial charge is 0.365 e. The number of aromatic nitrogens is 4. The van der Waals surface area contributed by atoms with Gasteiger partial charge in [0.2, 0.25) is 16.0 Å². The molecule has 3 aliphatic rings. The second kappa shape index (κ2) is 14.1. The lowest BCUT2D eigenvalue weighted by Crippen LogP contribution is -2.42.